The van der Waals surface area contributed by atoms with Crippen molar-refractivity contribution in [2.24, 2.45) is 0 Å². The van der Waals surface area contributed by atoms with Crippen LogP contribution in [-0.2, 0) is 0 Å². The Kier molecular flexibility index (Phi) is 8.11. The van der Waals surface area contributed by atoms with Crippen molar-refractivity contribution in [3.8, 4) is 0 Å². The van der Waals surface area contributed by atoms with Gasteiger partial charge in [0.15, 0.2) is 0 Å². The van der Waals surface area contributed by atoms with Gasteiger partial charge in [-0.15, -0.1) is 6.58 Å². The first-order valence-corrected chi connectivity index (χ1v) is 3.97. The summed E-state index contributed by atoms with van der Waals surface area (Å²) in [5.74, 6) is 0. The van der Waals surface area contributed by atoms with Gasteiger partial charge in [-0.3, -0.25) is 0 Å². The zero-order chi connectivity index (χ0) is 8.36. The zero-order valence-electron chi connectivity index (χ0n) is 7.16. The number of hydrogen-bond acceptors (Lipinski definition) is 0. The van der Waals surface area contributed by atoms with Crippen LogP contribution < -0.4 is 0 Å². The van der Waals surface area contributed by atoms with E-state index < -0.39 is 0 Å². The topological polar surface area (TPSA) is 0 Å². The Labute approximate surface area is 69.6 Å². The van der Waals surface area contributed by atoms with Crippen LogP contribution in [0.2, 0.25) is 0 Å². The maximum atomic E-state index is 3.64. The average Bonchev–Trinajstić information content (AvgIpc) is 2.03. The van der Waals surface area contributed by atoms with Crippen molar-refractivity contribution in [1.29, 1.82) is 0 Å². The van der Waals surface area contributed by atoms with Crippen LogP contribution in [0.5, 0.6) is 0 Å². The summed E-state index contributed by atoms with van der Waals surface area (Å²) in [6.45, 7) is 5.65. The van der Waals surface area contributed by atoms with Gasteiger partial charge in [-0.25, -0.2) is 0 Å². The summed E-state index contributed by atoms with van der Waals surface area (Å²) in [6, 6.07) is 0. The van der Waals surface area contributed by atoms with E-state index in [1.807, 2.05) is 37.3 Å². The first kappa shape index (κ1) is 9.96. The summed E-state index contributed by atoms with van der Waals surface area (Å²) in [6.07, 6.45) is 16.3. The molecule has 0 unspecified atom stereocenters. The smallest absolute Gasteiger partial charge is 0.0313 e. The first-order chi connectivity index (χ1) is 5.41. The molecule has 0 aromatic heterocycles. The third kappa shape index (κ3) is 8.96. The molecule has 0 aromatic carbocycles. The molecule has 0 atom stereocenters. The molecule has 0 saturated carbocycles. The zero-order valence-corrected chi connectivity index (χ0v) is 7.16. The first-order valence-electron chi connectivity index (χ1n) is 3.97. The molecule has 0 aromatic rings. The van der Waals surface area contributed by atoms with Crippen molar-refractivity contribution in [3.05, 3.63) is 49.1 Å². The van der Waals surface area contributed by atoms with Crippen LogP contribution in [0.3, 0.4) is 0 Å². The van der Waals surface area contributed by atoms with Crippen molar-refractivity contribution in [3.63, 3.8) is 0 Å². The summed E-state index contributed by atoms with van der Waals surface area (Å²) in [5.41, 5.74) is 0. The van der Waals surface area contributed by atoms with Gasteiger partial charge in [0, 0.05) is 0 Å². The fourth-order valence-corrected chi connectivity index (χ4v) is 0.628. The molecular weight excluding hydrogens is 132 g/mol. The molecule has 0 bridgehead atoms. The predicted octanol–water partition coefficient (Wildman–Crippen LogP) is 3.64. The summed E-state index contributed by atoms with van der Waals surface area (Å²) >= 11 is 0. The molecule has 0 nitrogen and oxygen atoms in total. The maximum absolute atomic E-state index is 3.64. The lowest BCUT2D eigenvalue weighted by Gasteiger charge is -1.81. The summed E-state index contributed by atoms with van der Waals surface area (Å²) < 4.78 is 0. The molecule has 0 heterocycles. The van der Waals surface area contributed by atoms with E-state index in [1.165, 1.54) is 0 Å². The quantitative estimate of drug-likeness (QED) is 0.317. The SMILES string of the molecule is C=CCC\C=C/C=C/C=C/C. The molecule has 0 spiro atoms. The Morgan fingerprint density at radius 2 is 1.73 bits per heavy atom. The molecule has 0 rings (SSSR count). The van der Waals surface area contributed by atoms with Crippen LogP contribution >= 0.6 is 0 Å². The minimum absolute atomic E-state index is 1.06. The van der Waals surface area contributed by atoms with Crippen LogP contribution in [-0.4, -0.2) is 0 Å². The highest BCUT2D eigenvalue weighted by atomic mass is 13.8. The Balaban J connectivity index is 3.35. The summed E-state index contributed by atoms with van der Waals surface area (Å²) in [7, 11) is 0. The van der Waals surface area contributed by atoms with Crippen LogP contribution in [0, 0.1) is 0 Å². The maximum Gasteiger partial charge on any atom is -0.0313 e. The fraction of sp³-hybridized carbons (Fsp3) is 0.273. The van der Waals surface area contributed by atoms with Crippen molar-refractivity contribution in [2.75, 3.05) is 0 Å². The molecule has 0 amide bonds. The molecule has 0 heteroatoms. The summed E-state index contributed by atoms with van der Waals surface area (Å²) in [4.78, 5) is 0. The Bertz CT molecular complexity index is 159. The second-order valence-electron chi connectivity index (χ2n) is 2.20. The molecule has 0 aliphatic heterocycles. The van der Waals surface area contributed by atoms with Crippen LogP contribution in [0.4, 0.5) is 0 Å². The summed E-state index contributed by atoms with van der Waals surface area (Å²) in [5, 5.41) is 0. The minimum atomic E-state index is 1.06. The van der Waals surface area contributed by atoms with Crippen molar-refractivity contribution in [1.82, 2.24) is 0 Å². The van der Waals surface area contributed by atoms with E-state index >= 15 is 0 Å². The fourth-order valence-electron chi connectivity index (χ4n) is 0.628. The lowest BCUT2D eigenvalue weighted by atomic mass is 10.3. The van der Waals surface area contributed by atoms with Gasteiger partial charge >= 0.3 is 0 Å². The van der Waals surface area contributed by atoms with Gasteiger partial charge in [-0.05, 0) is 19.8 Å². The van der Waals surface area contributed by atoms with Crippen molar-refractivity contribution >= 4 is 0 Å². The van der Waals surface area contributed by atoms with Gasteiger partial charge in [0.2, 0.25) is 0 Å². The number of rotatable bonds is 5. The van der Waals surface area contributed by atoms with E-state index in [2.05, 4.69) is 18.7 Å². The molecule has 60 valence electrons. The van der Waals surface area contributed by atoms with E-state index in [4.69, 9.17) is 0 Å². The highest BCUT2D eigenvalue weighted by molar-refractivity contribution is 5.10. The van der Waals surface area contributed by atoms with Gasteiger partial charge in [0.05, 0.1) is 0 Å². The Hall–Kier alpha value is -1.04. The highest BCUT2D eigenvalue weighted by Crippen LogP contribution is 1.91. The third-order valence-corrected chi connectivity index (χ3v) is 1.20. The third-order valence-electron chi connectivity index (χ3n) is 1.20. The highest BCUT2D eigenvalue weighted by Gasteiger charge is 1.70. The van der Waals surface area contributed by atoms with E-state index in [0.29, 0.717) is 0 Å². The van der Waals surface area contributed by atoms with E-state index in [9.17, 15) is 0 Å². The van der Waals surface area contributed by atoms with Gasteiger partial charge in [0.1, 0.15) is 0 Å². The lowest BCUT2D eigenvalue weighted by molar-refractivity contribution is 1.06. The second-order valence-corrected chi connectivity index (χ2v) is 2.20. The van der Waals surface area contributed by atoms with Crippen LogP contribution in [0.15, 0.2) is 49.1 Å². The van der Waals surface area contributed by atoms with Crippen LogP contribution in [0.25, 0.3) is 0 Å². The second kappa shape index (κ2) is 8.96. The van der Waals surface area contributed by atoms with E-state index in [1.54, 1.807) is 0 Å². The van der Waals surface area contributed by atoms with E-state index in [0.717, 1.165) is 12.8 Å². The van der Waals surface area contributed by atoms with E-state index in [-0.39, 0.29) is 0 Å². The average molecular weight is 148 g/mol. The molecule has 0 radical (unpaired) electrons. The van der Waals surface area contributed by atoms with Gasteiger partial charge < -0.3 is 0 Å². The normalized spacial score (nSPS) is 12.1. The molecule has 0 fully saturated rings. The monoisotopic (exact) mass is 148 g/mol. The number of unbranched alkanes of at least 4 members (excludes halogenated alkanes) is 1. The molecule has 0 aliphatic rings. The van der Waals surface area contributed by atoms with Crippen molar-refractivity contribution in [2.45, 2.75) is 19.8 Å². The number of hydrogen-bond donors (Lipinski definition) is 0. The molecule has 0 N–H and O–H groups in total. The molecule has 11 heavy (non-hydrogen) atoms. The van der Waals surface area contributed by atoms with Gasteiger partial charge in [-0.1, -0.05) is 42.5 Å². The Morgan fingerprint density at radius 1 is 1.00 bits per heavy atom. The largest absolute Gasteiger partial charge is 0.103 e. The minimum Gasteiger partial charge on any atom is -0.103 e. The van der Waals surface area contributed by atoms with Crippen molar-refractivity contribution < 1.29 is 0 Å². The van der Waals surface area contributed by atoms with Gasteiger partial charge in [0.25, 0.3) is 0 Å². The standard InChI is InChI=1S/C11H16/c1-3-5-7-9-11-10-8-6-4-2/h3-4,6,8-11H,1,5,7H2,2H3/b6-4+,10-8+,11-9-. The molecule has 0 saturated heterocycles. The molecular formula is C11H16. The Morgan fingerprint density at radius 3 is 2.36 bits per heavy atom. The van der Waals surface area contributed by atoms with Gasteiger partial charge in [-0.2, -0.15) is 0 Å². The number of allylic oxidation sites excluding steroid dienone is 7. The molecule has 0 aliphatic carbocycles. The van der Waals surface area contributed by atoms with Crippen LogP contribution in [0.1, 0.15) is 19.8 Å². The predicted molar refractivity (Wildman–Crippen MR) is 52.5 cm³/mol. The lowest BCUT2D eigenvalue weighted by Crippen LogP contribution is -1.60.